The highest BCUT2D eigenvalue weighted by molar-refractivity contribution is 5.95. The van der Waals surface area contributed by atoms with Crippen LogP contribution in [0.5, 0.6) is 0 Å². The Kier molecular flexibility index (Phi) is 4.70. The van der Waals surface area contributed by atoms with Gasteiger partial charge in [-0.15, -0.1) is 0 Å². The van der Waals surface area contributed by atoms with E-state index < -0.39 is 5.97 Å². The van der Waals surface area contributed by atoms with Crippen LogP contribution in [-0.2, 0) is 9.53 Å². The van der Waals surface area contributed by atoms with Crippen LogP contribution in [0.15, 0.2) is 0 Å². The van der Waals surface area contributed by atoms with Gasteiger partial charge in [-0.2, -0.15) is 5.26 Å². The first kappa shape index (κ1) is 10.6. The number of nitrogens with one attached hydrogen (secondary N) is 1. The summed E-state index contributed by atoms with van der Waals surface area (Å²) in [7, 11) is 0. The van der Waals surface area contributed by atoms with Crippen LogP contribution in [0.1, 0.15) is 26.7 Å². The zero-order chi connectivity index (χ0) is 9.56. The number of ether oxygens (including phenoxy) is 1. The Morgan fingerprint density at radius 2 is 2.33 bits per heavy atom. The smallest absolute Gasteiger partial charge is 0.311 e. The van der Waals surface area contributed by atoms with Crippen LogP contribution in [0.4, 0.5) is 0 Å². The van der Waals surface area contributed by atoms with Crippen molar-refractivity contribution in [2.75, 3.05) is 0 Å². The van der Waals surface area contributed by atoms with Gasteiger partial charge >= 0.3 is 5.97 Å². The van der Waals surface area contributed by atoms with Crippen molar-refractivity contribution in [1.82, 2.24) is 0 Å². The number of nitriles is 1. The zero-order valence-electron chi connectivity index (χ0n) is 7.26. The zero-order valence-corrected chi connectivity index (χ0v) is 7.26. The summed E-state index contributed by atoms with van der Waals surface area (Å²) in [4.78, 5) is 10.9. The summed E-state index contributed by atoms with van der Waals surface area (Å²) in [6.07, 6.45) is -0.166. The van der Waals surface area contributed by atoms with Crippen LogP contribution in [0.25, 0.3) is 0 Å². The van der Waals surface area contributed by atoms with Crippen molar-refractivity contribution in [3.8, 4) is 6.07 Å². The third kappa shape index (κ3) is 5.42. The monoisotopic (exact) mass is 168 g/mol. The summed E-state index contributed by atoms with van der Waals surface area (Å²) >= 11 is 0. The minimum atomic E-state index is -0.440. The Labute approximate surface area is 71.6 Å². The SMILES string of the molecule is CC(=N)CC(=O)OC(C)CC#N. The quantitative estimate of drug-likeness (QED) is 0.507. The molecule has 0 bridgehead atoms. The predicted octanol–water partition coefficient (Wildman–Crippen LogP) is 1.26. The van der Waals surface area contributed by atoms with Crippen LogP contribution < -0.4 is 0 Å². The Bertz CT molecular complexity index is 218. The Morgan fingerprint density at radius 1 is 1.75 bits per heavy atom. The molecule has 0 aromatic carbocycles. The third-order valence-electron chi connectivity index (χ3n) is 1.12. The minimum Gasteiger partial charge on any atom is -0.461 e. The Morgan fingerprint density at radius 3 is 2.75 bits per heavy atom. The number of carbonyl (C=O) groups excluding carboxylic acids is 1. The standard InChI is InChI=1S/C8H12N2O2/c1-6(10)5-8(11)12-7(2)3-4-9/h7,10H,3,5H2,1-2H3. The van der Waals surface area contributed by atoms with Gasteiger partial charge in [0.25, 0.3) is 0 Å². The van der Waals surface area contributed by atoms with E-state index in [2.05, 4.69) is 0 Å². The fourth-order valence-electron chi connectivity index (χ4n) is 0.653. The molecule has 4 heteroatoms. The molecule has 0 aliphatic carbocycles. The average Bonchev–Trinajstić information content (AvgIpc) is 1.84. The van der Waals surface area contributed by atoms with Crippen LogP contribution in [0.3, 0.4) is 0 Å². The second-order valence-electron chi connectivity index (χ2n) is 2.62. The van der Waals surface area contributed by atoms with Gasteiger partial charge in [-0.05, 0) is 13.8 Å². The van der Waals surface area contributed by atoms with Crippen molar-refractivity contribution >= 4 is 11.7 Å². The van der Waals surface area contributed by atoms with Crippen molar-refractivity contribution < 1.29 is 9.53 Å². The second kappa shape index (κ2) is 5.30. The molecule has 0 aromatic rings. The molecule has 0 fully saturated rings. The topological polar surface area (TPSA) is 73.9 Å². The highest BCUT2D eigenvalue weighted by atomic mass is 16.5. The van der Waals surface area contributed by atoms with E-state index in [-0.39, 0.29) is 24.7 Å². The molecular weight excluding hydrogens is 156 g/mol. The predicted molar refractivity (Wildman–Crippen MR) is 43.8 cm³/mol. The lowest BCUT2D eigenvalue weighted by Crippen LogP contribution is -2.16. The Balaban J connectivity index is 3.70. The molecule has 1 atom stereocenters. The molecule has 0 saturated heterocycles. The van der Waals surface area contributed by atoms with Gasteiger partial charge in [-0.3, -0.25) is 4.79 Å². The summed E-state index contributed by atoms with van der Waals surface area (Å²) in [5.41, 5.74) is 0.268. The highest BCUT2D eigenvalue weighted by Crippen LogP contribution is 1.98. The van der Waals surface area contributed by atoms with Crippen LogP contribution in [0, 0.1) is 16.7 Å². The van der Waals surface area contributed by atoms with E-state index in [1.165, 1.54) is 6.92 Å². The molecule has 12 heavy (non-hydrogen) atoms. The minimum absolute atomic E-state index is 0.00969. The van der Waals surface area contributed by atoms with E-state index in [9.17, 15) is 4.79 Å². The first-order valence-corrected chi connectivity index (χ1v) is 3.66. The summed E-state index contributed by atoms with van der Waals surface area (Å²) in [6.45, 7) is 3.19. The van der Waals surface area contributed by atoms with Crippen molar-refractivity contribution in [2.45, 2.75) is 32.8 Å². The molecule has 0 saturated carbocycles. The van der Waals surface area contributed by atoms with Gasteiger partial charge < -0.3 is 10.1 Å². The summed E-state index contributed by atoms with van der Waals surface area (Å²) in [6, 6.07) is 1.90. The largest absolute Gasteiger partial charge is 0.461 e. The van der Waals surface area contributed by atoms with E-state index in [1.54, 1.807) is 6.92 Å². The molecule has 4 nitrogen and oxygen atoms in total. The molecule has 0 radical (unpaired) electrons. The molecule has 66 valence electrons. The third-order valence-corrected chi connectivity index (χ3v) is 1.12. The molecule has 0 aromatic heterocycles. The maximum atomic E-state index is 10.9. The lowest BCUT2D eigenvalue weighted by Gasteiger charge is -2.08. The van der Waals surface area contributed by atoms with Gasteiger partial charge in [-0.1, -0.05) is 0 Å². The maximum Gasteiger partial charge on any atom is 0.311 e. The molecule has 0 spiro atoms. The van der Waals surface area contributed by atoms with Crippen molar-refractivity contribution in [3.05, 3.63) is 0 Å². The number of hydrogen-bond acceptors (Lipinski definition) is 4. The molecule has 1 N–H and O–H groups in total. The molecule has 0 aliphatic heterocycles. The number of esters is 1. The van der Waals surface area contributed by atoms with Gasteiger partial charge in [0.05, 0.1) is 18.9 Å². The number of hydrogen-bond donors (Lipinski definition) is 1. The first-order chi connectivity index (χ1) is 5.56. The highest BCUT2D eigenvalue weighted by Gasteiger charge is 2.08. The van der Waals surface area contributed by atoms with Crippen molar-refractivity contribution in [3.63, 3.8) is 0 Å². The fraction of sp³-hybridized carbons (Fsp3) is 0.625. The first-order valence-electron chi connectivity index (χ1n) is 3.66. The number of carbonyl (C=O) groups is 1. The van der Waals surface area contributed by atoms with E-state index in [0.717, 1.165) is 0 Å². The van der Waals surface area contributed by atoms with Crippen molar-refractivity contribution in [2.24, 2.45) is 0 Å². The van der Waals surface area contributed by atoms with Gasteiger partial charge in [0.2, 0.25) is 0 Å². The van der Waals surface area contributed by atoms with E-state index in [4.69, 9.17) is 15.4 Å². The van der Waals surface area contributed by atoms with Crippen LogP contribution in [-0.4, -0.2) is 17.8 Å². The maximum absolute atomic E-state index is 10.9. The second-order valence-corrected chi connectivity index (χ2v) is 2.62. The molecule has 0 amide bonds. The lowest BCUT2D eigenvalue weighted by molar-refractivity contribution is -0.146. The molecule has 0 rings (SSSR count). The van der Waals surface area contributed by atoms with Crippen molar-refractivity contribution in [1.29, 1.82) is 10.7 Å². The van der Waals surface area contributed by atoms with E-state index in [1.807, 2.05) is 6.07 Å². The summed E-state index contributed by atoms with van der Waals surface area (Å²) < 4.78 is 4.80. The van der Waals surface area contributed by atoms with Gasteiger partial charge in [0, 0.05) is 5.71 Å². The number of rotatable bonds is 4. The van der Waals surface area contributed by atoms with Gasteiger partial charge in [0.1, 0.15) is 6.10 Å². The van der Waals surface area contributed by atoms with Gasteiger partial charge in [-0.25, -0.2) is 0 Å². The van der Waals surface area contributed by atoms with Crippen LogP contribution in [0.2, 0.25) is 0 Å². The van der Waals surface area contributed by atoms with E-state index in [0.29, 0.717) is 0 Å². The molecule has 0 heterocycles. The normalized spacial score (nSPS) is 11.4. The Hall–Kier alpha value is -1.37. The average molecular weight is 168 g/mol. The lowest BCUT2D eigenvalue weighted by atomic mass is 10.3. The fourth-order valence-corrected chi connectivity index (χ4v) is 0.653. The van der Waals surface area contributed by atoms with E-state index >= 15 is 0 Å². The molecule has 1 unspecified atom stereocenters. The summed E-state index contributed by atoms with van der Waals surface area (Å²) in [5, 5.41) is 15.3. The van der Waals surface area contributed by atoms with Gasteiger partial charge in [0.15, 0.2) is 0 Å². The summed E-state index contributed by atoms with van der Waals surface area (Å²) in [5.74, 6) is -0.440. The molecular formula is C8H12N2O2. The number of nitrogens with zero attached hydrogens (tertiary/aromatic N) is 1. The van der Waals surface area contributed by atoms with Crippen LogP contribution >= 0.6 is 0 Å². The molecule has 0 aliphatic rings.